The van der Waals surface area contributed by atoms with Gasteiger partial charge in [0, 0.05) is 11.1 Å². The molecule has 3 aromatic rings. The molecule has 3 rings (SSSR count). The SMILES string of the molecule is COc1cc(C(=O)N/N=C\c2ccc(-c3ccc(F)cc3)o2)ccc1I. The summed E-state index contributed by atoms with van der Waals surface area (Å²) in [5.41, 5.74) is 3.62. The molecule has 1 N–H and O–H groups in total. The minimum Gasteiger partial charge on any atom is -0.496 e. The maximum Gasteiger partial charge on any atom is 0.271 e. The van der Waals surface area contributed by atoms with E-state index < -0.39 is 0 Å². The highest BCUT2D eigenvalue weighted by Crippen LogP contribution is 2.22. The van der Waals surface area contributed by atoms with Crippen molar-refractivity contribution in [3.63, 3.8) is 0 Å². The predicted molar refractivity (Wildman–Crippen MR) is 105 cm³/mol. The molecule has 1 aromatic heterocycles. The van der Waals surface area contributed by atoms with Crippen LogP contribution in [0.2, 0.25) is 0 Å². The number of hydrazone groups is 1. The molecule has 26 heavy (non-hydrogen) atoms. The third-order valence-electron chi connectivity index (χ3n) is 3.53. The van der Waals surface area contributed by atoms with Gasteiger partial charge in [0.25, 0.3) is 5.91 Å². The second-order valence-electron chi connectivity index (χ2n) is 5.26. The smallest absolute Gasteiger partial charge is 0.271 e. The number of furan rings is 1. The zero-order chi connectivity index (χ0) is 18.5. The van der Waals surface area contributed by atoms with Gasteiger partial charge in [-0.2, -0.15) is 5.10 Å². The summed E-state index contributed by atoms with van der Waals surface area (Å²) in [6.45, 7) is 0. The fourth-order valence-corrected chi connectivity index (χ4v) is 2.77. The Labute approximate surface area is 163 Å². The summed E-state index contributed by atoms with van der Waals surface area (Å²) in [6.07, 6.45) is 1.40. The van der Waals surface area contributed by atoms with E-state index in [0.29, 0.717) is 22.8 Å². The lowest BCUT2D eigenvalue weighted by Crippen LogP contribution is -2.17. The fraction of sp³-hybridized carbons (Fsp3) is 0.0526. The van der Waals surface area contributed by atoms with Crippen LogP contribution in [0.25, 0.3) is 11.3 Å². The number of halogens is 2. The van der Waals surface area contributed by atoms with E-state index in [1.54, 1.807) is 49.6 Å². The molecule has 5 nitrogen and oxygen atoms in total. The van der Waals surface area contributed by atoms with Crippen LogP contribution in [0.1, 0.15) is 16.1 Å². The number of carbonyl (C=O) groups excluding carboxylic acids is 1. The molecular weight excluding hydrogens is 450 g/mol. The molecule has 0 atom stereocenters. The summed E-state index contributed by atoms with van der Waals surface area (Å²) in [6, 6.07) is 14.6. The first-order valence-corrected chi connectivity index (χ1v) is 8.67. The summed E-state index contributed by atoms with van der Waals surface area (Å²) in [7, 11) is 1.55. The predicted octanol–water partition coefficient (Wildman–Crippen LogP) is 4.46. The molecule has 0 saturated carbocycles. The number of rotatable bonds is 5. The van der Waals surface area contributed by atoms with Crippen LogP contribution in [0.4, 0.5) is 4.39 Å². The van der Waals surface area contributed by atoms with Crippen LogP contribution < -0.4 is 10.2 Å². The Bertz CT molecular complexity index is 952. The number of methoxy groups -OCH3 is 1. The van der Waals surface area contributed by atoms with E-state index in [-0.39, 0.29) is 11.7 Å². The van der Waals surface area contributed by atoms with Gasteiger partial charge in [0.05, 0.1) is 16.9 Å². The molecule has 0 spiro atoms. The Hall–Kier alpha value is -2.68. The molecule has 1 heterocycles. The van der Waals surface area contributed by atoms with Crippen LogP contribution in [-0.2, 0) is 0 Å². The van der Waals surface area contributed by atoms with E-state index in [1.807, 2.05) is 0 Å². The van der Waals surface area contributed by atoms with Crippen LogP contribution in [-0.4, -0.2) is 19.2 Å². The minimum atomic E-state index is -0.360. The van der Waals surface area contributed by atoms with Gasteiger partial charge < -0.3 is 9.15 Å². The average Bonchev–Trinajstić information content (AvgIpc) is 3.11. The summed E-state index contributed by atoms with van der Waals surface area (Å²) in [4.78, 5) is 12.1. The highest BCUT2D eigenvalue weighted by Gasteiger charge is 2.08. The van der Waals surface area contributed by atoms with Gasteiger partial charge in [-0.3, -0.25) is 4.79 Å². The van der Waals surface area contributed by atoms with Gasteiger partial charge in [-0.1, -0.05) is 0 Å². The Balaban J connectivity index is 1.65. The first kappa shape index (κ1) is 18.1. The van der Waals surface area contributed by atoms with Gasteiger partial charge in [0.15, 0.2) is 0 Å². The lowest BCUT2D eigenvalue weighted by molar-refractivity contribution is 0.0954. The Morgan fingerprint density at radius 1 is 1.19 bits per heavy atom. The molecule has 0 saturated heterocycles. The van der Waals surface area contributed by atoms with Gasteiger partial charge in [-0.15, -0.1) is 0 Å². The van der Waals surface area contributed by atoms with Gasteiger partial charge in [-0.05, 0) is 77.2 Å². The quantitative estimate of drug-likeness (QED) is 0.345. The fourth-order valence-electron chi connectivity index (χ4n) is 2.21. The van der Waals surface area contributed by atoms with Crippen molar-refractivity contribution in [2.24, 2.45) is 5.10 Å². The lowest BCUT2D eigenvalue weighted by Gasteiger charge is -2.05. The molecule has 1 amide bonds. The number of hydrogen-bond donors (Lipinski definition) is 1. The standard InChI is InChI=1S/C19H14FIN2O3/c1-25-18-10-13(4-8-16(18)21)19(24)23-22-11-15-7-9-17(26-15)12-2-5-14(20)6-3-12/h2-11H,1H3,(H,23,24)/b22-11-. The molecule has 132 valence electrons. The van der Waals surface area contributed by atoms with Crippen molar-refractivity contribution in [3.8, 4) is 17.1 Å². The second kappa shape index (κ2) is 8.13. The van der Waals surface area contributed by atoms with Crippen molar-refractivity contribution < 1.29 is 18.3 Å². The van der Waals surface area contributed by atoms with Crippen LogP contribution in [0, 0.1) is 9.39 Å². The molecule has 0 aliphatic carbocycles. The summed E-state index contributed by atoms with van der Waals surface area (Å²) < 4.78 is 24.7. The average molecular weight is 464 g/mol. The Kier molecular flexibility index (Phi) is 5.67. The number of ether oxygens (including phenoxy) is 1. The minimum absolute atomic E-state index is 0.308. The van der Waals surface area contributed by atoms with Crippen molar-refractivity contribution in [2.75, 3.05) is 7.11 Å². The van der Waals surface area contributed by atoms with E-state index >= 15 is 0 Å². The summed E-state index contributed by atoms with van der Waals surface area (Å²) >= 11 is 2.13. The lowest BCUT2D eigenvalue weighted by atomic mass is 10.2. The summed E-state index contributed by atoms with van der Waals surface area (Å²) in [5.74, 6) is 1.00. The van der Waals surface area contributed by atoms with E-state index in [0.717, 1.165) is 9.13 Å². The number of benzene rings is 2. The number of carbonyl (C=O) groups is 1. The van der Waals surface area contributed by atoms with Crippen molar-refractivity contribution in [1.82, 2.24) is 5.43 Å². The zero-order valence-corrected chi connectivity index (χ0v) is 15.9. The third kappa shape index (κ3) is 4.29. The molecule has 7 heteroatoms. The molecule has 2 aromatic carbocycles. The summed E-state index contributed by atoms with van der Waals surface area (Å²) in [5, 5.41) is 3.90. The van der Waals surface area contributed by atoms with E-state index in [2.05, 4.69) is 33.1 Å². The zero-order valence-electron chi connectivity index (χ0n) is 13.7. The van der Waals surface area contributed by atoms with Gasteiger partial charge in [0.1, 0.15) is 23.1 Å². The Morgan fingerprint density at radius 2 is 1.96 bits per heavy atom. The monoisotopic (exact) mass is 464 g/mol. The molecule has 0 aliphatic rings. The number of nitrogens with one attached hydrogen (secondary N) is 1. The van der Waals surface area contributed by atoms with Crippen molar-refractivity contribution in [2.45, 2.75) is 0 Å². The molecule has 0 aliphatic heterocycles. The second-order valence-corrected chi connectivity index (χ2v) is 6.42. The molecule has 0 unspecified atom stereocenters. The van der Waals surface area contributed by atoms with Crippen molar-refractivity contribution >= 4 is 34.7 Å². The van der Waals surface area contributed by atoms with Crippen molar-refractivity contribution in [3.05, 3.63) is 75.3 Å². The molecule has 0 radical (unpaired) electrons. The largest absolute Gasteiger partial charge is 0.496 e. The number of amides is 1. The first-order valence-electron chi connectivity index (χ1n) is 7.59. The van der Waals surface area contributed by atoms with Crippen LogP contribution in [0.5, 0.6) is 5.75 Å². The van der Waals surface area contributed by atoms with Crippen molar-refractivity contribution in [1.29, 1.82) is 0 Å². The van der Waals surface area contributed by atoms with E-state index in [4.69, 9.17) is 9.15 Å². The van der Waals surface area contributed by atoms with Gasteiger partial charge >= 0.3 is 0 Å². The maximum absolute atomic E-state index is 13.0. The highest BCUT2D eigenvalue weighted by atomic mass is 127. The van der Waals surface area contributed by atoms with Crippen LogP contribution in [0.15, 0.2) is 64.1 Å². The number of hydrogen-bond acceptors (Lipinski definition) is 4. The maximum atomic E-state index is 13.0. The normalized spacial score (nSPS) is 10.9. The van der Waals surface area contributed by atoms with Crippen LogP contribution >= 0.6 is 22.6 Å². The highest BCUT2D eigenvalue weighted by molar-refractivity contribution is 14.1. The van der Waals surface area contributed by atoms with E-state index in [9.17, 15) is 9.18 Å². The Morgan fingerprint density at radius 3 is 2.69 bits per heavy atom. The van der Waals surface area contributed by atoms with Gasteiger partial charge in [-0.25, -0.2) is 9.82 Å². The first-order chi connectivity index (χ1) is 12.6. The van der Waals surface area contributed by atoms with Crippen LogP contribution in [0.3, 0.4) is 0 Å². The number of nitrogens with zero attached hydrogens (tertiary/aromatic N) is 1. The molecule has 0 bridgehead atoms. The molecular formula is C19H14FIN2O3. The topological polar surface area (TPSA) is 63.8 Å². The van der Waals surface area contributed by atoms with E-state index in [1.165, 1.54) is 18.3 Å². The van der Waals surface area contributed by atoms with Gasteiger partial charge in [0.2, 0.25) is 0 Å². The molecule has 0 fully saturated rings. The third-order valence-corrected chi connectivity index (χ3v) is 4.42.